The molecule has 0 spiro atoms. The predicted molar refractivity (Wildman–Crippen MR) is 91.3 cm³/mol. The van der Waals surface area contributed by atoms with E-state index >= 15 is 0 Å². The molecule has 1 saturated heterocycles. The molecule has 3 rings (SSSR count). The molecule has 26 heavy (non-hydrogen) atoms. The third kappa shape index (κ3) is 3.44. The molecule has 1 aromatic heterocycles. The van der Waals surface area contributed by atoms with Gasteiger partial charge in [-0.25, -0.2) is 17.8 Å². The number of rotatable bonds is 7. The smallest absolute Gasteiger partial charge is 0.244 e. The van der Waals surface area contributed by atoms with Gasteiger partial charge in [-0.3, -0.25) is 4.79 Å². The summed E-state index contributed by atoms with van der Waals surface area (Å²) in [7, 11) is -2.08. The second-order valence-electron chi connectivity index (χ2n) is 6.38. The van der Waals surface area contributed by atoms with E-state index in [0.717, 1.165) is 0 Å². The molecule has 142 valence electrons. The normalized spacial score (nSPS) is 25.7. The number of amides is 1. The number of pyridine rings is 1. The molecule has 1 aromatic rings. The van der Waals surface area contributed by atoms with E-state index in [4.69, 9.17) is 10.5 Å². The lowest BCUT2D eigenvalue weighted by atomic mass is 10.2. The van der Waals surface area contributed by atoms with E-state index in [0.29, 0.717) is 19.4 Å². The van der Waals surface area contributed by atoms with Crippen molar-refractivity contribution in [3.8, 4) is 5.88 Å². The number of aromatic nitrogens is 1. The van der Waals surface area contributed by atoms with Crippen LogP contribution >= 0.6 is 0 Å². The van der Waals surface area contributed by atoms with Gasteiger partial charge in [0.15, 0.2) is 0 Å². The Labute approximate surface area is 151 Å². The zero-order valence-electron chi connectivity index (χ0n) is 14.3. The summed E-state index contributed by atoms with van der Waals surface area (Å²) in [6.07, 6.45) is 1.59. The van der Waals surface area contributed by atoms with Crippen molar-refractivity contribution in [1.82, 2.24) is 14.6 Å². The summed E-state index contributed by atoms with van der Waals surface area (Å²) in [4.78, 5) is 15.7. The third-order valence-corrected chi connectivity index (χ3v) is 6.69. The Morgan fingerprint density at radius 3 is 2.65 bits per heavy atom. The van der Waals surface area contributed by atoms with Gasteiger partial charge in [-0.15, -0.1) is 0 Å². The number of hydrogen-bond donors (Lipinski definition) is 2. The molecule has 0 bridgehead atoms. The summed E-state index contributed by atoms with van der Waals surface area (Å²) in [6.45, 7) is 0.648. The lowest BCUT2D eigenvalue weighted by Gasteiger charge is -2.19. The first kappa shape index (κ1) is 18.7. The van der Waals surface area contributed by atoms with Crippen LogP contribution in [-0.2, 0) is 14.8 Å². The molecule has 2 fully saturated rings. The molecule has 1 aliphatic heterocycles. The number of carbonyl (C=O) groups is 1. The number of hydrogen-bond acceptors (Lipinski definition) is 6. The largest absolute Gasteiger partial charge is 0.473 e. The van der Waals surface area contributed by atoms with Crippen LogP contribution in [0.3, 0.4) is 0 Å². The van der Waals surface area contributed by atoms with E-state index < -0.39 is 10.0 Å². The molecular weight excluding hydrogens is 363 g/mol. The van der Waals surface area contributed by atoms with Crippen molar-refractivity contribution in [2.24, 2.45) is 23.5 Å². The van der Waals surface area contributed by atoms with Gasteiger partial charge in [-0.05, 0) is 17.9 Å². The highest BCUT2D eigenvalue weighted by Crippen LogP contribution is 2.52. The molecule has 10 heteroatoms. The number of piperidine rings is 1. The molecule has 0 radical (unpaired) electrons. The molecule has 1 aliphatic carbocycles. The van der Waals surface area contributed by atoms with Gasteiger partial charge in [0.1, 0.15) is 11.5 Å². The molecule has 2 atom stereocenters. The lowest BCUT2D eigenvalue weighted by molar-refractivity contribution is -0.122. The van der Waals surface area contributed by atoms with Crippen LogP contribution in [-0.4, -0.2) is 56.9 Å². The summed E-state index contributed by atoms with van der Waals surface area (Å²) >= 11 is 0. The van der Waals surface area contributed by atoms with E-state index in [1.54, 1.807) is 7.05 Å². The predicted octanol–water partition coefficient (Wildman–Crippen LogP) is -0.115. The van der Waals surface area contributed by atoms with Crippen molar-refractivity contribution in [3.05, 3.63) is 30.2 Å². The Hall–Kier alpha value is -2.04. The average molecular weight is 384 g/mol. The second-order valence-corrected chi connectivity index (χ2v) is 8.32. The van der Waals surface area contributed by atoms with Gasteiger partial charge >= 0.3 is 0 Å². The van der Waals surface area contributed by atoms with Gasteiger partial charge in [-0.1, -0.05) is 0 Å². The second kappa shape index (κ2) is 7.29. The zero-order chi connectivity index (χ0) is 18.9. The van der Waals surface area contributed by atoms with Gasteiger partial charge in [0.2, 0.25) is 21.8 Å². The highest BCUT2D eigenvalue weighted by molar-refractivity contribution is 7.89. The molecule has 0 aromatic carbocycles. The minimum Gasteiger partial charge on any atom is -0.473 e. The number of sulfonamides is 1. The molecule has 3 N–H and O–H groups in total. The third-order valence-electron chi connectivity index (χ3n) is 4.88. The monoisotopic (exact) mass is 384 g/mol. The van der Waals surface area contributed by atoms with Crippen molar-refractivity contribution in [2.75, 3.05) is 33.3 Å². The van der Waals surface area contributed by atoms with E-state index in [1.165, 1.54) is 22.6 Å². The molecule has 2 heterocycles. The van der Waals surface area contributed by atoms with E-state index in [-0.39, 0.29) is 53.2 Å². The maximum absolute atomic E-state index is 12.7. The van der Waals surface area contributed by atoms with Crippen LogP contribution in [0.4, 0.5) is 4.39 Å². The van der Waals surface area contributed by atoms with Crippen LogP contribution in [0.1, 0.15) is 0 Å². The first-order chi connectivity index (χ1) is 12.4. The number of nitrogens with two attached hydrogens (primary N) is 1. The zero-order valence-corrected chi connectivity index (χ0v) is 15.1. The van der Waals surface area contributed by atoms with Crippen LogP contribution in [0.25, 0.3) is 0 Å². The molecule has 1 amide bonds. The first-order valence-electron chi connectivity index (χ1n) is 8.21. The highest BCUT2D eigenvalue weighted by Gasteiger charge is 2.61. The Bertz CT molecular complexity index is 800. The van der Waals surface area contributed by atoms with Gasteiger partial charge in [0.05, 0.1) is 12.5 Å². The number of nitrogens with zero attached hydrogens (tertiary/aromatic N) is 2. The number of halogens is 1. The van der Waals surface area contributed by atoms with Crippen LogP contribution in [0.2, 0.25) is 0 Å². The maximum atomic E-state index is 12.7. The molecular formula is C16H21FN4O4S. The molecule has 1 saturated carbocycles. The number of nitrogens with one attached hydrogen (secondary N) is 1. The maximum Gasteiger partial charge on any atom is 0.244 e. The van der Waals surface area contributed by atoms with Gasteiger partial charge < -0.3 is 15.8 Å². The summed E-state index contributed by atoms with van der Waals surface area (Å²) in [5, 5.41) is 2.61. The number of ether oxygens (including phenoxy) is 1. The lowest BCUT2D eigenvalue weighted by Crippen LogP contribution is -2.34. The van der Waals surface area contributed by atoms with E-state index in [2.05, 4.69) is 10.3 Å². The number of fused-ring (bicyclic) bond motifs is 1. The van der Waals surface area contributed by atoms with Crippen LogP contribution in [0.15, 0.2) is 35.1 Å². The van der Waals surface area contributed by atoms with Gasteiger partial charge in [0.25, 0.3) is 0 Å². The summed E-state index contributed by atoms with van der Waals surface area (Å²) < 4.78 is 44.5. The van der Waals surface area contributed by atoms with E-state index in [1.807, 2.05) is 0 Å². The Morgan fingerprint density at radius 1 is 1.46 bits per heavy atom. The van der Waals surface area contributed by atoms with Crippen molar-refractivity contribution >= 4 is 15.9 Å². The van der Waals surface area contributed by atoms with Gasteiger partial charge in [0, 0.05) is 44.2 Å². The number of carbonyl (C=O) groups excluding carboxylic acids is 1. The fourth-order valence-corrected chi connectivity index (χ4v) is 4.76. The fraction of sp³-hybridized carbons (Fsp3) is 0.500. The SMILES string of the molecule is CNC(=O)C1[C@@H]2CN(S(=O)(=O)c3ccc(OC/C(=C/F)CN)nc3)C[C@@H]12. The molecule has 0 unspecified atom stereocenters. The minimum atomic E-state index is -3.66. The minimum absolute atomic E-state index is 0.0251. The van der Waals surface area contributed by atoms with Gasteiger partial charge in [-0.2, -0.15) is 4.31 Å². The van der Waals surface area contributed by atoms with Crippen molar-refractivity contribution in [2.45, 2.75) is 4.90 Å². The van der Waals surface area contributed by atoms with Crippen molar-refractivity contribution in [3.63, 3.8) is 0 Å². The quantitative estimate of drug-likeness (QED) is 0.678. The van der Waals surface area contributed by atoms with Crippen LogP contribution in [0, 0.1) is 17.8 Å². The summed E-state index contributed by atoms with van der Waals surface area (Å²) in [5.74, 6) is 0.241. The van der Waals surface area contributed by atoms with Crippen LogP contribution in [0.5, 0.6) is 5.88 Å². The van der Waals surface area contributed by atoms with Crippen LogP contribution < -0.4 is 15.8 Å². The molecule has 8 nitrogen and oxygen atoms in total. The Balaban J connectivity index is 1.62. The average Bonchev–Trinajstić information content (AvgIpc) is 3.15. The summed E-state index contributed by atoms with van der Waals surface area (Å²) in [6, 6.07) is 2.82. The Kier molecular flexibility index (Phi) is 5.26. The van der Waals surface area contributed by atoms with E-state index in [9.17, 15) is 17.6 Å². The Morgan fingerprint density at radius 2 is 2.15 bits per heavy atom. The topological polar surface area (TPSA) is 115 Å². The molecule has 2 aliphatic rings. The fourth-order valence-electron chi connectivity index (χ4n) is 3.29. The first-order valence-corrected chi connectivity index (χ1v) is 9.65. The highest BCUT2D eigenvalue weighted by atomic mass is 32.2. The van der Waals surface area contributed by atoms with Crippen molar-refractivity contribution < 1.29 is 22.3 Å². The standard InChI is InChI=1S/C16H21FN4O4S/c1-19-16(22)15-12-7-21(8-13(12)15)26(23,24)11-2-3-14(20-6-11)25-9-10(4-17)5-18/h2-4,6,12-13,15H,5,7-9,18H2,1H3,(H,19,22)/b10-4+/t12-,13-/m1/s1. The van der Waals surface area contributed by atoms with Crippen molar-refractivity contribution in [1.29, 1.82) is 0 Å². The summed E-state index contributed by atoms with van der Waals surface area (Å²) in [5.41, 5.74) is 5.60.